The fourth-order valence-electron chi connectivity index (χ4n) is 6.36. The topological polar surface area (TPSA) is 9.23 Å². The van der Waals surface area contributed by atoms with Crippen molar-refractivity contribution in [3.63, 3.8) is 0 Å². The first-order valence-electron chi connectivity index (χ1n) is 13.5. The fourth-order valence-corrected chi connectivity index (χ4v) is 6.36. The molecule has 8 rings (SSSR count). The van der Waals surface area contributed by atoms with Gasteiger partial charge in [-0.2, -0.15) is 0 Å². The average molecular weight is 499 g/mol. The predicted molar refractivity (Wildman–Crippen MR) is 167 cm³/mol. The van der Waals surface area contributed by atoms with Gasteiger partial charge < -0.3 is 4.74 Å². The third-order valence-corrected chi connectivity index (χ3v) is 8.33. The Morgan fingerprint density at radius 1 is 0.410 bits per heavy atom. The standard InChI is InChI=1S/C38H26O/c1-23-3-4-27-20-30(7-5-26(27)19-23)33-15-10-24-13-18-36-34(16-11-25-12-17-35(33)37(24)38(25)36)31-8-6-29-22-32(39-2)14-9-28(29)21-31/h3-22H,1-2H3. The molecule has 0 fully saturated rings. The molecule has 0 radical (unpaired) electrons. The van der Waals surface area contributed by atoms with Gasteiger partial charge >= 0.3 is 0 Å². The number of ether oxygens (including phenoxy) is 1. The fraction of sp³-hybridized carbons (Fsp3) is 0.0526. The van der Waals surface area contributed by atoms with Crippen LogP contribution in [0.3, 0.4) is 0 Å². The molecule has 0 unspecified atom stereocenters. The summed E-state index contributed by atoms with van der Waals surface area (Å²) in [6.07, 6.45) is 0. The highest BCUT2D eigenvalue weighted by atomic mass is 16.5. The van der Waals surface area contributed by atoms with Crippen molar-refractivity contribution in [3.8, 4) is 28.0 Å². The number of benzene rings is 8. The minimum atomic E-state index is 0.885. The minimum Gasteiger partial charge on any atom is -0.497 e. The molecule has 0 atom stereocenters. The number of rotatable bonds is 3. The molecule has 0 aliphatic rings. The summed E-state index contributed by atoms with van der Waals surface area (Å²) in [7, 11) is 1.71. The summed E-state index contributed by atoms with van der Waals surface area (Å²) < 4.78 is 5.43. The Bertz CT molecular complexity index is 2220. The molecule has 0 heterocycles. The van der Waals surface area contributed by atoms with Gasteiger partial charge in [-0.1, -0.05) is 103 Å². The molecule has 1 nitrogen and oxygen atoms in total. The summed E-state index contributed by atoms with van der Waals surface area (Å²) in [5.41, 5.74) is 6.33. The van der Waals surface area contributed by atoms with Gasteiger partial charge in [-0.25, -0.2) is 0 Å². The first-order valence-corrected chi connectivity index (χ1v) is 13.5. The summed E-state index contributed by atoms with van der Waals surface area (Å²) >= 11 is 0. The molecular formula is C38H26O. The van der Waals surface area contributed by atoms with Crippen molar-refractivity contribution < 1.29 is 4.74 Å². The third kappa shape index (κ3) is 3.40. The Balaban J connectivity index is 1.36. The van der Waals surface area contributed by atoms with Crippen LogP contribution >= 0.6 is 0 Å². The molecule has 0 bridgehead atoms. The van der Waals surface area contributed by atoms with E-state index in [0.29, 0.717) is 0 Å². The first kappa shape index (κ1) is 22.1. The van der Waals surface area contributed by atoms with Crippen LogP contribution < -0.4 is 4.74 Å². The van der Waals surface area contributed by atoms with Crippen molar-refractivity contribution in [2.45, 2.75) is 6.92 Å². The minimum absolute atomic E-state index is 0.885. The molecule has 184 valence electrons. The van der Waals surface area contributed by atoms with Crippen molar-refractivity contribution in [1.82, 2.24) is 0 Å². The van der Waals surface area contributed by atoms with Crippen LogP contribution in [0.25, 0.3) is 76.1 Å². The molecule has 0 aromatic heterocycles. The lowest BCUT2D eigenvalue weighted by Crippen LogP contribution is -1.90. The summed E-state index contributed by atoms with van der Waals surface area (Å²) in [4.78, 5) is 0. The second-order valence-corrected chi connectivity index (χ2v) is 10.6. The monoisotopic (exact) mass is 498 g/mol. The number of aryl methyl sites for hydroxylation is 1. The van der Waals surface area contributed by atoms with Gasteiger partial charge in [-0.15, -0.1) is 0 Å². The molecule has 0 saturated carbocycles. The Hall–Kier alpha value is -4.88. The van der Waals surface area contributed by atoms with E-state index in [4.69, 9.17) is 4.74 Å². The second-order valence-electron chi connectivity index (χ2n) is 10.6. The summed E-state index contributed by atoms with van der Waals surface area (Å²) in [6, 6.07) is 44.8. The Morgan fingerprint density at radius 2 is 0.872 bits per heavy atom. The highest BCUT2D eigenvalue weighted by molar-refractivity contribution is 6.27. The van der Waals surface area contributed by atoms with Gasteiger partial charge in [-0.3, -0.25) is 0 Å². The number of hydrogen-bond donors (Lipinski definition) is 0. The second kappa shape index (κ2) is 8.31. The van der Waals surface area contributed by atoms with E-state index in [1.54, 1.807) is 7.11 Å². The van der Waals surface area contributed by atoms with Crippen LogP contribution in [0.4, 0.5) is 0 Å². The highest BCUT2D eigenvalue weighted by Crippen LogP contribution is 2.43. The molecule has 0 amide bonds. The SMILES string of the molecule is COc1ccc2cc(-c3ccc4ccc5c(-c6ccc7cc(C)ccc7c6)ccc6ccc3c4c65)ccc2c1. The zero-order valence-electron chi connectivity index (χ0n) is 22.0. The third-order valence-electron chi connectivity index (χ3n) is 8.33. The summed E-state index contributed by atoms with van der Waals surface area (Å²) in [6.45, 7) is 2.15. The van der Waals surface area contributed by atoms with Gasteiger partial charge in [0, 0.05) is 0 Å². The molecule has 8 aromatic carbocycles. The summed E-state index contributed by atoms with van der Waals surface area (Å²) in [5, 5.41) is 12.8. The van der Waals surface area contributed by atoms with E-state index in [2.05, 4.69) is 122 Å². The molecule has 0 N–H and O–H groups in total. The van der Waals surface area contributed by atoms with Gasteiger partial charge in [-0.05, 0) is 107 Å². The lowest BCUT2D eigenvalue weighted by atomic mass is 9.87. The number of fused-ring (bicyclic) bond motifs is 2. The van der Waals surface area contributed by atoms with E-state index >= 15 is 0 Å². The highest BCUT2D eigenvalue weighted by Gasteiger charge is 2.15. The smallest absolute Gasteiger partial charge is 0.119 e. The molecule has 8 aromatic rings. The van der Waals surface area contributed by atoms with E-state index in [-0.39, 0.29) is 0 Å². The van der Waals surface area contributed by atoms with Crippen molar-refractivity contribution in [1.29, 1.82) is 0 Å². The summed E-state index contributed by atoms with van der Waals surface area (Å²) in [5.74, 6) is 0.885. The lowest BCUT2D eigenvalue weighted by Gasteiger charge is -2.17. The van der Waals surface area contributed by atoms with E-state index < -0.39 is 0 Å². The molecule has 39 heavy (non-hydrogen) atoms. The maximum atomic E-state index is 5.43. The molecule has 0 aliphatic heterocycles. The Labute approximate surface area is 227 Å². The van der Waals surface area contributed by atoms with Crippen LogP contribution in [-0.4, -0.2) is 7.11 Å². The van der Waals surface area contributed by atoms with Gasteiger partial charge in [0.25, 0.3) is 0 Å². The van der Waals surface area contributed by atoms with Crippen LogP contribution in [0.2, 0.25) is 0 Å². The molecular weight excluding hydrogens is 472 g/mol. The zero-order valence-corrected chi connectivity index (χ0v) is 22.0. The predicted octanol–water partition coefficient (Wildman–Crippen LogP) is 10.5. The normalized spacial score (nSPS) is 11.8. The van der Waals surface area contributed by atoms with Crippen molar-refractivity contribution in [2.75, 3.05) is 7.11 Å². The average Bonchev–Trinajstić information content (AvgIpc) is 2.99. The van der Waals surface area contributed by atoms with Crippen molar-refractivity contribution >= 4 is 53.9 Å². The van der Waals surface area contributed by atoms with Crippen LogP contribution in [0.15, 0.2) is 121 Å². The maximum absolute atomic E-state index is 5.43. The molecule has 0 aliphatic carbocycles. The largest absolute Gasteiger partial charge is 0.497 e. The van der Waals surface area contributed by atoms with Gasteiger partial charge in [0.05, 0.1) is 7.11 Å². The van der Waals surface area contributed by atoms with Crippen LogP contribution in [0, 0.1) is 6.92 Å². The van der Waals surface area contributed by atoms with E-state index in [0.717, 1.165) is 5.75 Å². The maximum Gasteiger partial charge on any atom is 0.119 e. The molecule has 0 spiro atoms. The number of methoxy groups -OCH3 is 1. The van der Waals surface area contributed by atoms with Crippen molar-refractivity contribution in [3.05, 3.63) is 127 Å². The van der Waals surface area contributed by atoms with Gasteiger partial charge in [0.15, 0.2) is 0 Å². The quantitative estimate of drug-likeness (QED) is 0.220. The van der Waals surface area contributed by atoms with E-state index in [9.17, 15) is 0 Å². The van der Waals surface area contributed by atoms with Gasteiger partial charge in [0.2, 0.25) is 0 Å². The van der Waals surface area contributed by atoms with Crippen LogP contribution in [0.1, 0.15) is 5.56 Å². The zero-order chi connectivity index (χ0) is 26.1. The Kier molecular flexibility index (Phi) is 4.72. The van der Waals surface area contributed by atoms with Crippen molar-refractivity contribution in [2.24, 2.45) is 0 Å². The van der Waals surface area contributed by atoms with E-state index in [1.165, 1.54) is 81.7 Å². The molecule has 0 saturated heterocycles. The lowest BCUT2D eigenvalue weighted by molar-refractivity contribution is 0.415. The van der Waals surface area contributed by atoms with E-state index in [1.807, 2.05) is 6.07 Å². The molecule has 1 heteroatoms. The Morgan fingerprint density at radius 3 is 1.46 bits per heavy atom. The van der Waals surface area contributed by atoms with Crippen LogP contribution in [0.5, 0.6) is 5.75 Å². The van der Waals surface area contributed by atoms with Crippen LogP contribution in [-0.2, 0) is 0 Å². The number of hydrogen-bond acceptors (Lipinski definition) is 1. The first-order chi connectivity index (χ1) is 19.2. The van der Waals surface area contributed by atoms with Gasteiger partial charge in [0.1, 0.15) is 5.75 Å².